The number of fused-ring (bicyclic) bond motifs is 1. The van der Waals surface area contributed by atoms with Crippen molar-refractivity contribution in [1.82, 2.24) is 0 Å². The summed E-state index contributed by atoms with van der Waals surface area (Å²) in [6, 6.07) is 7.54. The van der Waals surface area contributed by atoms with E-state index in [4.69, 9.17) is 9.47 Å². The molecule has 2 fully saturated rings. The Labute approximate surface area is 136 Å². The van der Waals surface area contributed by atoms with Crippen LogP contribution in [0.5, 0.6) is 0 Å². The van der Waals surface area contributed by atoms with E-state index in [0.717, 1.165) is 10.2 Å². The van der Waals surface area contributed by atoms with Crippen LogP contribution >= 0.6 is 15.9 Å². The summed E-state index contributed by atoms with van der Waals surface area (Å²) in [7, 11) is 1.34. The number of esters is 1. The van der Waals surface area contributed by atoms with Gasteiger partial charge in [0.15, 0.2) is 0 Å². The molecule has 4 rings (SSSR count). The smallest absolute Gasteiger partial charge is 0.312 e. The quantitative estimate of drug-likeness (QED) is 0.594. The van der Waals surface area contributed by atoms with E-state index in [1.54, 1.807) is 4.90 Å². The van der Waals surface area contributed by atoms with Crippen molar-refractivity contribution >= 4 is 33.5 Å². The second-order valence-corrected chi connectivity index (χ2v) is 6.65. The number of methoxy groups -OCH3 is 1. The minimum absolute atomic E-state index is 0.0887. The number of rotatable bonds is 2. The van der Waals surface area contributed by atoms with Crippen molar-refractivity contribution < 1.29 is 19.1 Å². The van der Waals surface area contributed by atoms with E-state index in [1.807, 2.05) is 36.4 Å². The molecule has 0 radical (unpaired) electrons. The summed E-state index contributed by atoms with van der Waals surface area (Å²) >= 11 is 3.48. The van der Waals surface area contributed by atoms with Crippen LogP contribution in [-0.2, 0) is 19.1 Å². The van der Waals surface area contributed by atoms with Gasteiger partial charge in [0, 0.05) is 4.47 Å². The summed E-state index contributed by atoms with van der Waals surface area (Å²) < 4.78 is 11.7. The van der Waals surface area contributed by atoms with E-state index in [1.165, 1.54) is 7.11 Å². The molecule has 1 amide bonds. The molecule has 114 valence electrons. The average Bonchev–Trinajstić information content (AvgIpc) is 3.15. The first-order valence-electron chi connectivity index (χ1n) is 7.08. The van der Waals surface area contributed by atoms with Crippen molar-refractivity contribution in [2.75, 3.05) is 18.6 Å². The molecule has 0 N–H and O–H groups in total. The highest BCUT2D eigenvalue weighted by atomic mass is 79.9. The SMILES string of the molecule is COC(=O)[C@@H]1[C@H]2C(=O)N(c3ccccc3Br)C[C@@]23C=C[C@H]1O3. The number of carbonyl (C=O) groups excluding carboxylic acids is 2. The van der Waals surface area contributed by atoms with Gasteiger partial charge in [-0.15, -0.1) is 0 Å². The summed E-state index contributed by atoms with van der Waals surface area (Å²) in [4.78, 5) is 26.7. The number of carbonyl (C=O) groups is 2. The van der Waals surface area contributed by atoms with Crippen molar-refractivity contribution in [1.29, 1.82) is 0 Å². The van der Waals surface area contributed by atoms with Crippen molar-refractivity contribution in [2.24, 2.45) is 11.8 Å². The summed E-state index contributed by atoms with van der Waals surface area (Å²) in [5.74, 6) is -1.55. The van der Waals surface area contributed by atoms with E-state index in [-0.39, 0.29) is 18.0 Å². The zero-order valence-corrected chi connectivity index (χ0v) is 13.4. The molecule has 1 spiro atoms. The lowest BCUT2D eigenvalue weighted by Crippen LogP contribution is -2.39. The van der Waals surface area contributed by atoms with Crippen LogP contribution in [0.4, 0.5) is 5.69 Å². The van der Waals surface area contributed by atoms with Crippen molar-refractivity contribution in [3.05, 3.63) is 40.9 Å². The Morgan fingerprint density at radius 2 is 2.23 bits per heavy atom. The fourth-order valence-electron chi connectivity index (χ4n) is 3.78. The lowest BCUT2D eigenvalue weighted by molar-refractivity contribution is -0.149. The van der Waals surface area contributed by atoms with Gasteiger partial charge < -0.3 is 14.4 Å². The van der Waals surface area contributed by atoms with Gasteiger partial charge in [0.25, 0.3) is 0 Å². The predicted molar refractivity (Wildman–Crippen MR) is 82.2 cm³/mol. The molecule has 0 unspecified atom stereocenters. The molecule has 3 aliphatic heterocycles. The monoisotopic (exact) mass is 363 g/mol. The van der Waals surface area contributed by atoms with Gasteiger partial charge in [0.1, 0.15) is 11.5 Å². The highest BCUT2D eigenvalue weighted by Gasteiger charge is 2.67. The summed E-state index contributed by atoms with van der Waals surface area (Å²) in [6.07, 6.45) is 3.44. The number of ether oxygens (including phenoxy) is 2. The standard InChI is InChI=1S/C16H14BrNO4/c1-21-15(20)12-11-6-7-16(22-11)8-18(14(19)13(12)16)10-5-3-2-4-9(10)17/h2-7,11-13H,8H2,1H3/t11-,12+,13+,16+/m1/s1. The second-order valence-electron chi connectivity index (χ2n) is 5.80. The van der Waals surface area contributed by atoms with Crippen LogP contribution in [0.3, 0.4) is 0 Å². The molecule has 2 bridgehead atoms. The lowest BCUT2D eigenvalue weighted by atomic mass is 9.77. The highest BCUT2D eigenvalue weighted by Crippen LogP contribution is 2.53. The lowest BCUT2D eigenvalue weighted by Gasteiger charge is -2.22. The van der Waals surface area contributed by atoms with Crippen LogP contribution in [0.15, 0.2) is 40.9 Å². The van der Waals surface area contributed by atoms with Gasteiger partial charge in [-0.05, 0) is 28.1 Å². The molecular weight excluding hydrogens is 350 g/mol. The molecule has 5 nitrogen and oxygen atoms in total. The maximum Gasteiger partial charge on any atom is 0.312 e. The van der Waals surface area contributed by atoms with Gasteiger partial charge in [0.05, 0.1) is 31.4 Å². The predicted octanol–water partition coefficient (Wildman–Crippen LogP) is 1.91. The number of anilines is 1. The third-order valence-electron chi connectivity index (χ3n) is 4.72. The van der Waals surface area contributed by atoms with Crippen LogP contribution in [0.1, 0.15) is 0 Å². The first-order valence-corrected chi connectivity index (χ1v) is 7.87. The van der Waals surface area contributed by atoms with E-state index in [2.05, 4.69) is 15.9 Å². The second kappa shape index (κ2) is 4.67. The molecule has 3 heterocycles. The minimum atomic E-state index is -0.712. The number of hydrogen-bond donors (Lipinski definition) is 0. The first kappa shape index (κ1) is 14.0. The maximum absolute atomic E-state index is 12.9. The van der Waals surface area contributed by atoms with Gasteiger partial charge in [-0.3, -0.25) is 9.59 Å². The van der Waals surface area contributed by atoms with Gasteiger partial charge >= 0.3 is 5.97 Å². The Morgan fingerprint density at radius 1 is 1.45 bits per heavy atom. The molecule has 6 heteroatoms. The largest absolute Gasteiger partial charge is 0.469 e. The van der Waals surface area contributed by atoms with Gasteiger partial charge in [0.2, 0.25) is 5.91 Å². The third kappa shape index (κ3) is 1.68. The maximum atomic E-state index is 12.9. The Bertz CT molecular complexity index is 703. The van der Waals surface area contributed by atoms with Crippen LogP contribution in [0.25, 0.3) is 0 Å². The minimum Gasteiger partial charge on any atom is -0.469 e. The van der Waals surface area contributed by atoms with Gasteiger partial charge in [-0.25, -0.2) is 0 Å². The van der Waals surface area contributed by atoms with Gasteiger partial charge in [-0.2, -0.15) is 0 Å². The number of benzene rings is 1. The molecular formula is C16H14BrNO4. The molecule has 3 aliphatic rings. The van der Waals surface area contributed by atoms with Crippen molar-refractivity contribution in [2.45, 2.75) is 11.7 Å². The summed E-state index contributed by atoms with van der Waals surface area (Å²) in [5.41, 5.74) is 0.0796. The number of nitrogens with zero attached hydrogens (tertiary/aromatic N) is 1. The van der Waals surface area contributed by atoms with Crippen molar-refractivity contribution in [3.8, 4) is 0 Å². The topological polar surface area (TPSA) is 55.8 Å². The first-order chi connectivity index (χ1) is 10.6. The van der Waals surface area contributed by atoms with E-state index in [9.17, 15) is 9.59 Å². The molecule has 2 saturated heterocycles. The van der Waals surface area contributed by atoms with Crippen LogP contribution in [0.2, 0.25) is 0 Å². The molecule has 1 aromatic rings. The Hall–Kier alpha value is -1.66. The van der Waals surface area contributed by atoms with Crippen molar-refractivity contribution in [3.63, 3.8) is 0 Å². The molecule has 0 aromatic heterocycles. The Morgan fingerprint density at radius 3 is 2.95 bits per heavy atom. The molecule has 1 aromatic carbocycles. The van der Waals surface area contributed by atoms with Crippen LogP contribution < -0.4 is 4.90 Å². The van der Waals surface area contributed by atoms with E-state index >= 15 is 0 Å². The molecule has 4 atom stereocenters. The van der Waals surface area contributed by atoms with Gasteiger partial charge in [-0.1, -0.05) is 24.3 Å². The normalized spacial score (nSPS) is 35.1. The Kier molecular flexibility index (Phi) is 2.96. The van der Waals surface area contributed by atoms with E-state index < -0.39 is 17.4 Å². The van der Waals surface area contributed by atoms with Crippen LogP contribution in [0, 0.1) is 11.8 Å². The zero-order valence-electron chi connectivity index (χ0n) is 11.9. The molecule has 22 heavy (non-hydrogen) atoms. The number of amides is 1. The number of halogens is 1. The number of hydrogen-bond acceptors (Lipinski definition) is 4. The average molecular weight is 364 g/mol. The summed E-state index contributed by atoms with van der Waals surface area (Å²) in [6.45, 7) is 0.416. The van der Waals surface area contributed by atoms with E-state index in [0.29, 0.717) is 6.54 Å². The summed E-state index contributed by atoms with van der Waals surface area (Å²) in [5, 5.41) is 0. The fraction of sp³-hybridized carbons (Fsp3) is 0.375. The molecule has 0 saturated carbocycles. The van der Waals surface area contributed by atoms with Crippen LogP contribution in [-0.4, -0.2) is 37.2 Å². The fourth-order valence-corrected chi connectivity index (χ4v) is 4.28. The molecule has 0 aliphatic carbocycles. The highest BCUT2D eigenvalue weighted by molar-refractivity contribution is 9.10. The number of para-hydroxylation sites is 1. The Balaban J connectivity index is 1.75. The third-order valence-corrected chi connectivity index (χ3v) is 5.39. The zero-order chi connectivity index (χ0) is 15.5.